The second-order valence-corrected chi connectivity index (χ2v) is 4.69. The molecule has 2 unspecified atom stereocenters. The topological polar surface area (TPSA) is 24.5 Å². The van der Waals surface area contributed by atoms with Crippen LogP contribution in [0.25, 0.3) is 0 Å². The zero-order valence-corrected chi connectivity index (χ0v) is 9.50. The first-order valence-electron chi connectivity index (χ1n) is 6.08. The maximum atomic E-state index is 11.8. The monoisotopic (exact) mass is 234 g/mol. The lowest BCUT2D eigenvalue weighted by Gasteiger charge is -2.23. The fourth-order valence-electron chi connectivity index (χ4n) is 2.58. The van der Waals surface area contributed by atoms with E-state index in [0.29, 0.717) is 18.7 Å². The third-order valence-electron chi connectivity index (χ3n) is 3.40. The molecule has 2 saturated heterocycles. The van der Waals surface area contributed by atoms with Gasteiger partial charge in [0.05, 0.1) is 6.61 Å². The van der Waals surface area contributed by atoms with Crippen molar-refractivity contribution in [3.63, 3.8) is 0 Å². The van der Waals surface area contributed by atoms with Crippen LogP contribution in [0, 0.1) is 0 Å². The number of alkyl halides is 2. The largest absolute Gasteiger partial charge is 0.374 e. The summed E-state index contributed by atoms with van der Waals surface area (Å²) in [6, 6.07) is 1.28. The van der Waals surface area contributed by atoms with Crippen LogP contribution in [-0.2, 0) is 4.74 Å². The zero-order chi connectivity index (χ0) is 11.4. The van der Waals surface area contributed by atoms with Crippen molar-refractivity contribution in [3.05, 3.63) is 0 Å². The molecule has 2 aliphatic rings. The van der Waals surface area contributed by atoms with Gasteiger partial charge in [-0.15, -0.1) is 0 Å². The van der Waals surface area contributed by atoms with Crippen molar-refractivity contribution >= 4 is 0 Å². The summed E-state index contributed by atoms with van der Waals surface area (Å²) in [7, 11) is 0. The predicted molar refractivity (Wildman–Crippen MR) is 57.8 cm³/mol. The number of hydrogen-bond donors (Lipinski definition) is 1. The highest BCUT2D eigenvalue weighted by atomic mass is 19.3. The van der Waals surface area contributed by atoms with E-state index in [1.54, 1.807) is 0 Å². The molecule has 94 valence electrons. The Morgan fingerprint density at radius 3 is 2.88 bits per heavy atom. The molecule has 2 atom stereocenters. The van der Waals surface area contributed by atoms with Crippen LogP contribution < -0.4 is 5.32 Å². The van der Waals surface area contributed by atoms with E-state index in [0.717, 1.165) is 19.6 Å². The Kier molecular flexibility index (Phi) is 4.49. The molecule has 2 fully saturated rings. The molecule has 0 amide bonds. The number of nitrogens with zero attached hydrogens (tertiary/aromatic N) is 1. The van der Waals surface area contributed by atoms with Gasteiger partial charge in [0.15, 0.2) is 0 Å². The summed E-state index contributed by atoms with van der Waals surface area (Å²) in [6.45, 7) is 2.86. The maximum absolute atomic E-state index is 11.8. The van der Waals surface area contributed by atoms with Gasteiger partial charge in [0.2, 0.25) is 0 Å². The van der Waals surface area contributed by atoms with Crippen molar-refractivity contribution in [3.8, 4) is 0 Å². The lowest BCUT2D eigenvalue weighted by Crippen LogP contribution is -2.37. The molecule has 2 heterocycles. The first-order valence-corrected chi connectivity index (χ1v) is 6.08. The van der Waals surface area contributed by atoms with Crippen LogP contribution >= 0.6 is 0 Å². The minimum atomic E-state index is -2.35. The number of nitrogens with one attached hydrogen (secondary N) is 1. The molecule has 16 heavy (non-hydrogen) atoms. The standard InChI is InChI=1S/C11H20F2N2O/c12-11(13)8-16-6-5-15-4-3-9-1-2-10(7-15)14-9/h9-11,14H,1-8H2. The summed E-state index contributed by atoms with van der Waals surface area (Å²) in [5.41, 5.74) is 0. The number of halogens is 2. The van der Waals surface area contributed by atoms with E-state index in [1.165, 1.54) is 19.3 Å². The first-order chi connectivity index (χ1) is 7.74. The first kappa shape index (κ1) is 12.2. The molecular formula is C11H20F2N2O. The molecule has 0 aliphatic carbocycles. The quantitative estimate of drug-likeness (QED) is 0.721. The Morgan fingerprint density at radius 1 is 1.25 bits per heavy atom. The molecule has 5 heteroatoms. The average molecular weight is 234 g/mol. The van der Waals surface area contributed by atoms with Crippen molar-refractivity contribution in [2.45, 2.75) is 37.8 Å². The second kappa shape index (κ2) is 5.89. The lowest BCUT2D eigenvalue weighted by molar-refractivity contribution is 0.00947. The molecule has 0 radical (unpaired) electrons. The van der Waals surface area contributed by atoms with Crippen LogP contribution in [0.1, 0.15) is 19.3 Å². The molecule has 2 aliphatic heterocycles. The fourth-order valence-corrected chi connectivity index (χ4v) is 2.58. The van der Waals surface area contributed by atoms with Gasteiger partial charge in [-0.05, 0) is 25.8 Å². The Bertz CT molecular complexity index is 216. The van der Waals surface area contributed by atoms with Crippen molar-refractivity contribution in [2.24, 2.45) is 0 Å². The van der Waals surface area contributed by atoms with E-state index in [9.17, 15) is 8.78 Å². The molecular weight excluding hydrogens is 214 g/mol. The van der Waals surface area contributed by atoms with Crippen LogP contribution in [0.5, 0.6) is 0 Å². The van der Waals surface area contributed by atoms with Crippen LogP contribution in [0.3, 0.4) is 0 Å². The predicted octanol–water partition coefficient (Wildman–Crippen LogP) is 1.09. The van der Waals surface area contributed by atoms with E-state index in [-0.39, 0.29) is 0 Å². The van der Waals surface area contributed by atoms with Gasteiger partial charge >= 0.3 is 0 Å². The highest BCUT2D eigenvalue weighted by molar-refractivity contribution is 4.89. The Hall–Kier alpha value is -0.260. The molecule has 0 aromatic rings. The van der Waals surface area contributed by atoms with E-state index in [2.05, 4.69) is 10.2 Å². The summed E-state index contributed by atoms with van der Waals surface area (Å²) >= 11 is 0. The van der Waals surface area contributed by atoms with Gasteiger partial charge in [-0.3, -0.25) is 4.90 Å². The lowest BCUT2D eigenvalue weighted by atomic mass is 10.1. The normalized spacial score (nSPS) is 30.9. The molecule has 0 saturated carbocycles. The van der Waals surface area contributed by atoms with Gasteiger partial charge in [-0.2, -0.15) is 0 Å². The molecule has 0 spiro atoms. The summed E-state index contributed by atoms with van der Waals surface area (Å²) in [6.07, 6.45) is 1.37. The summed E-state index contributed by atoms with van der Waals surface area (Å²) in [4.78, 5) is 2.32. The highest BCUT2D eigenvalue weighted by Gasteiger charge is 2.28. The van der Waals surface area contributed by atoms with Crippen molar-refractivity contribution in [2.75, 3.05) is 32.8 Å². The third-order valence-corrected chi connectivity index (χ3v) is 3.40. The van der Waals surface area contributed by atoms with E-state index < -0.39 is 13.0 Å². The van der Waals surface area contributed by atoms with Gasteiger partial charge in [0.1, 0.15) is 6.61 Å². The Labute approximate surface area is 95.1 Å². The van der Waals surface area contributed by atoms with Gasteiger partial charge in [-0.1, -0.05) is 0 Å². The highest BCUT2D eigenvalue weighted by Crippen LogP contribution is 2.19. The van der Waals surface area contributed by atoms with Gasteiger partial charge in [-0.25, -0.2) is 8.78 Å². The Morgan fingerprint density at radius 2 is 2.06 bits per heavy atom. The molecule has 0 aromatic heterocycles. The number of fused-ring (bicyclic) bond motifs is 2. The second-order valence-electron chi connectivity index (χ2n) is 4.69. The smallest absolute Gasteiger partial charge is 0.261 e. The summed E-state index contributed by atoms with van der Waals surface area (Å²) < 4.78 is 28.6. The third kappa shape index (κ3) is 3.64. The average Bonchev–Trinajstić information content (AvgIpc) is 2.55. The molecule has 2 rings (SSSR count). The number of rotatable bonds is 5. The van der Waals surface area contributed by atoms with E-state index in [1.807, 2.05) is 0 Å². The molecule has 0 aromatic carbocycles. The molecule has 2 bridgehead atoms. The van der Waals surface area contributed by atoms with Crippen LogP contribution in [0.2, 0.25) is 0 Å². The minimum absolute atomic E-state index is 0.418. The molecule has 1 N–H and O–H groups in total. The van der Waals surface area contributed by atoms with Gasteiger partial charge in [0, 0.05) is 25.2 Å². The summed E-state index contributed by atoms with van der Waals surface area (Å²) in [5.74, 6) is 0. The van der Waals surface area contributed by atoms with E-state index in [4.69, 9.17) is 4.74 Å². The number of likely N-dealkylation sites (tertiary alicyclic amines) is 1. The maximum Gasteiger partial charge on any atom is 0.261 e. The van der Waals surface area contributed by atoms with Crippen molar-refractivity contribution < 1.29 is 13.5 Å². The zero-order valence-electron chi connectivity index (χ0n) is 9.50. The Balaban J connectivity index is 1.62. The summed E-state index contributed by atoms with van der Waals surface area (Å²) in [5, 5.41) is 3.59. The van der Waals surface area contributed by atoms with Gasteiger partial charge < -0.3 is 10.1 Å². The van der Waals surface area contributed by atoms with Crippen LogP contribution in [-0.4, -0.2) is 56.3 Å². The van der Waals surface area contributed by atoms with Crippen LogP contribution in [0.15, 0.2) is 0 Å². The molecule has 3 nitrogen and oxygen atoms in total. The minimum Gasteiger partial charge on any atom is -0.374 e. The van der Waals surface area contributed by atoms with Gasteiger partial charge in [0.25, 0.3) is 6.43 Å². The number of hydrogen-bond acceptors (Lipinski definition) is 3. The van der Waals surface area contributed by atoms with Crippen molar-refractivity contribution in [1.29, 1.82) is 0 Å². The van der Waals surface area contributed by atoms with Crippen LogP contribution in [0.4, 0.5) is 8.78 Å². The SMILES string of the molecule is FC(F)COCCN1CCC2CCC(C1)N2. The van der Waals surface area contributed by atoms with E-state index >= 15 is 0 Å². The fraction of sp³-hybridized carbons (Fsp3) is 1.00. The number of ether oxygens (including phenoxy) is 1. The van der Waals surface area contributed by atoms with Crippen molar-refractivity contribution in [1.82, 2.24) is 10.2 Å².